The number of aryl methyl sites for hydroxylation is 1. The van der Waals surface area contributed by atoms with Gasteiger partial charge in [0.2, 0.25) is 0 Å². The Labute approximate surface area is 254 Å². The summed E-state index contributed by atoms with van der Waals surface area (Å²) in [4.78, 5) is 40.2. The number of rotatable bonds is 8. The molecule has 2 atom stereocenters. The average Bonchev–Trinajstić information content (AvgIpc) is 3.38. The molecule has 3 aromatic carbocycles. The molecule has 0 fully saturated rings. The number of pyridine rings is 1. The number of carbonyl (C=O) groups is 2. The number of hydrogen-bond acceptors (Lipinski definition) is 4. The highest BCUT2D eigenvalue weighted by atomic mass is 19.4. The summed E-state index contributed by atoms with van der Waals surface area (Å²) in [6.45, 7) is 0.395. The second-order valence-corrected chi connectivity index (χ2v) is 11.5. The summed E-state index contributed by atoms with van der Waals surface area (Å²) >= 11 is 0. The zero-order chi connectivity index (χ0) is 32.8. The Morgan fingerprint density at radius 2 is 1.73 bits per heavy atom. The number of aromatic nitrogens is 1. The molecule has 1 amide bonds. The molecule has 1 aliphatic rings. The van der Waals surface area contributed by atoms with Crippen molar-refractivity contribution in [1.82, 2.24) is 14.8 Å². The van der Waals surface area contributed by atoms with E-state index in [-0.39, 0.29) is 35.7 Å². The van der Waals surface area contributed by atoms with Crippen LogP contribution in [0.4, 0.5) is 22.0 Å². The predicted octanol–water partition coefficient (Wildman–Crippen LogP) is 5.40. The molecular formula is C33H30F5N3O4. The maximum absolute atomic E-state index is 14.9. The second kappa shape index (κ2) is 12.1. The Balaban J connectivity index is 1.57. The van der Waals surface area contributed by atoms with Gasteiger partial charge < -0.3 is 19.9 Å². The molecule has 1 heterocycles. The number of alkyl halides is 3. The van der Waals surface area contributed by atoms with Gasteiger partial charge in [-0.2, -0.15) is 13.2 Å². The number of nitrogens with one attached hydrogen (secondary N) is 1. The number of carboxylic acid groups (broad SMARTS) is 1. The minimum atomic E-state index is -4.85. The van der Waals surface area contributed by atoms with E-state index >= 15 is 0 Å². The van der Waals surface area contributed by atoms with Crippen molar-refractivity contribution in [2.75, 3.05) is 14.1 Å². The molecule has 236 valence electrons. The standard InChI is InChI=1S/C33H30F5N3O4/c1-40(2)16-17-10-13-26-22(14-17)29(33(36,37)38)27(31(43)41(26)3)21-12-11-19-18(6-4-7-20(19)21)15-25(32(44)45)39-30(42)28-23(34)8-5-9-24(28)35/h4-10,13-14,21,25H,11-12,15-16H2,1-3H3,(H,39,42)(H,44,45)/t21-,25+/m1/s1. The summed E-state index contributed by atoms with van der Waals surface area (Å²) in [5.74, 6) is -5.98. The summed E-state index contributed by atoms with van der Waals surface area (Å²) in [7, 11) is 5.03. The number of nitrogens with zero attached hydrogens (tertiary/aromatic N) is 2. The molecule has 5 rings (SSSR count). The molecule has 1 aliphatic carbocycles. The van der Waals surface area contributed by atoms with E-state index in [2.05, 4.69) is 5.32 Å². The van der Waals surface area contributed by atoms with E-state index in [0.717, 1.165) is 18.2 Å². The molecule has 7 nitrogen and oxygen atoms in total. The zero-order valence-electron chi connectivity index (χ0n) is 24.6. The Morgan fingerprint density at radius 1 is 1.07 bits per heavy atom. The van der Waals surface area contributed by atoms with E-state index in [1.54, 1.807) is 38.4 Å². The first-order valence-corrected chi connectivity index (χ1v) is 14.1. The number of fused-ring (bicyclic) bond motifs is 2. The Bertz CT molecular complexity index is 1860. The molecule has 0 aliphatic heterocycles. The van der Waals surface area contributed by atoms with E-state index in [4.69, 9.17) is 0 Å². The van der Waals surface area contributed by atoms with Crippen LogP contribution in [-0.4, -0.2) is 46.6 Å². The molecule has 1 aromatic heterocycles. The highest BCUT2D eigenvalue weighted by Gasteiger charge is 2.42. The van der Waals surface area contributed by atoms with Gasteiger partial charge in [-0.05, 0) is 73.5 Å². The SMILES string of the molecule is CN(C)Cc1ccc2c(c1)c(C(F)(F)F)c([C@@H]1CCc3c(C[C@H](NC(=O)c4c(F)cccc4F)C(=O)O)cccc31)c(=O)n2C. The number of benzene rings is 3. The van der Waals surface area contributed by atoms with Gasteiger partial charge in [-0.3, -0.25) is 9.59 Å². The lowest BCUT2D eigenvalue weighted by Crippen LogP contribution is -2.43. The highest BCUT2D eigenvalue weighted by molar-refractivity contribution is 5.97. The maximum Gasteiger partial charge on any atom is 0.417 e. The van der Waals surface area contributed by atoms with Crippen LogP contribution in [0.5, 0.6) is 0 Å². The lowest BCUT2D eigenvalue weighted by molar-refractivity contribution is -0.139. The second-order valence-electron chi connectivity index (χ2n) is 11.5. The number of aliphatic carboxylic acids is 1. The van der Waals surface area contributed by atoms with Gasteiger partial charge in [0.25, 0.3) is 11.5 Å². The fourth-order valence-corrected chi connectivity index (χ4v) is 6.30. The molecule has 0 saturated heterocycles. The van der Waals surface area contributed by atoms with Crippen molar-refractivity contribution in [2.24, 2.45) is 7.05 Å². The fourth-order valence-electron chi connectivity index (χ4n) is 6.30. The van der Waals surface area contributed by atoms with E-state index in [0.29, 0.717) is 28.8 Å². The van der Waals surface area contributed by atoms with Crippen LogP contribution in [0.1, 0.15) is 56.1 Å². The van der Waals surface area contributed by atoms with E-state index in [1.807, 2.05) is 4.90 Å². The van der Waals surface area contributed by atoms with Gasteiger partial charge in [0.1, 0.15) is 23.2 Å². The third-order valence-corrected chi connectivity index (χ3v) is 8.21. The number of amides is 1. The summed E-state index contributed by atoms with van der Waals surface area (Å²) in [6.07, 6.45) is -4.74. The van der Waals surface area contributed by atoms with Crippen molar-refractivity contribution in [3.8, 4) is 0 Å². The molecule has 0 spiro atoms. The van der Waals surface area contributed by atoms with Gasteiger partial charge in [-0.25, -0.2) is 13.6 Å². The largest absolute Gasteiger partial charge is 0.480 e. The minimum Gasteiger partial charge on any atom is -0.480 e. The number of carboxylic acids is 1. The van der Waals surface area contributed by atoms with Crippen molar-refractivity contribution in [1.29, 1.82) is 0 Å². The van der Waals surface area contributed by atoms with E-state index < -0.39 is 58.3 Å². The molecule has 2 N–H and O–H groups in total. The molecule has 0 radical (unpaired) electrons. The van der Waals surface area contributed by atoms with E-state index in [9.17, 15) is 41.4 Å². The van der Waals surface area contributed by atoms with Crippen LogP contribution in [0.3, 0.4) is 0 Å². The first-order valence-electron chi connectivity index (χ1n) is 14.1. The van der Waals surface area contributed by atoms with Gasteiger partial charge in [0.15, 0.2) is 0 Å². The van der Waals surface area contributed by atoms with Crippen molar-refractivity contribution in [3.05, 3.63) is 116 Å². The minimum absolute atomic E-state index is 0.0856. The number of carbonyl (C=O) groups excluding carboxylic acids is 1. The predicted molar refractivity (Wildman–Crippen MR) is 157 cm³/mol. The zero-order valence-corrected chi connectivity index (χ0v) is 24.6. The average molecular weight is 628 g/mol. The Morgan fingerprint density at radius 3 is 2.36 bits per heavy atom. The van der Waals surface area contributed by atoms with Gasteiger partial charge in [0, 0.05) is 36.9 Å². The van der Waals surface area contributed by atoms with Crippen LogP contribution in [0.25, 0.3) is 10.9 Å². The quantitative estimate of drug-likeness (QED) is 0.256. The van der Waals surface area contributed by atoms with Crippen molar-refractivity contribution in [2.45, 2.75) is 43.9 Å². The number of hydrogen-bond donors (Lipinski definition) is 2. The van der Waals surface area contributed by atoms with Crippen molar-refractivity contribution >= 4 is 22.8 Å². The van der Waals surface area contributed by atoms with Gasteiger partial charge >= 0.3 is 12.1 Å². The first-order chi connectivity index (χ1) is 21.2. The topological polar surface area (TPSA) is 91.6 Å². The third kappa shape index (κ3) is 6.06. The molecule has 0 saturated carbocycles. The maximum atomic E-state index is 14.9. The highest BCUT2D eigenvalue weighted by Crippen LogP contribution is 2.45. The van der Waals surface area contributed by atoms with Gasteiger partial charge in [-0.15, -0.1) is 0 Å². The normalized spacial score (nSPS) is 15.4. The first kappa shape index (κ1) is 31.8. The van der Waals surface area contributed by atoms with Crippen molar-refractivity contribution < 1.29 is 36.6 Å². The molecule has 45 heavy (non-hydrogen) atoms. The molecule has 0 unspecified atom stereocenters. The van der Waals surface area contributed by atoms with Crippen LogP contribution < -0.4 is 10.9 Å². The summed E-state index contributed by atoms with van der Waals surface area (Å²) in [6, 6.07) is 10.6. The van der Waals surface area contributed by atoms with E-state index in [1.165, 1.54) is 23.7 Å². The van der Waals surface area contributed by atoms with Gasteiger partial charge in [-0.1, -0.05) is 30.3 Å². The lowest BCUT2D eigenvalue weighted by atomic mass is 9.87. The molecule has 4 aromatic rings. The monoisotopic (exact) mass is 627 g/mol. The number of halogens is 5. The van der Waals surface area contributed by atoms with Crippen LogP contribution >= 0.6 is 0 Å². The molecular weight excluding hydrogens is 597 g/mol. The van der Waals surface area contributed by atoms with Gasteiger partial charge in [0.05, 0.1) is 11.1 Å². The molecule has 0 bridgehead atoms. The van der Waals surface area contributed by atoms with Crippen LogP contribution in [-0.2, 0) is 37.4 Å². The summed E-state index contributed by atoms with van der Waals surface area (Å²) in [5, 5.41) is 11.9. The Kier molecular flexibility index (Phi) is 8.54. The van der Waals surface area contributed by atoms with Crippen LogP contribution in [0.2, 0.25) is 0 Å². The summed E-state index contributed by atoms with van der Waals surface area (Å²) < 4.78 is 74.1. The summed E-state index contributed by atoms with van der Waals surface area (Å²) in [5.41, 5.74) is -0.836. The molecule has 12 heteroatoms. The van der Waals surface area contributed by atoms with Crippen molar-refractivity contribution in [3.63, 3.8) is 0 Å². The Hall–Kier alpha value is -4.58. The third-order valence-electron chi connectivity index (χ3n) is 8.21. The van der Waals surface area contributed by atoms with Crippen LogP contribution in [0, 0.1) is 11.6 Å². The lowest BCUT2D eigenvalue weighted by Gasteiger charge is -2.23. The smallest absolute Gasteiger partial charge is 0.417 e. The fraction of sp³-hybridized carbons (Fsp3) is 0.303. The van der Waals surface area contributed by atoms with Crippen LogP contribution in [0.15, 0.2) is 59.4 Å².